The third kappa shape index (κ3) is 2.03. The van der Waals surface area contributed by atoms with E-state index in [2.05, 4.69) is 0 Å². The van der Waals surface area contributed by atoms with Crippen LogP contribution in [0.5, 0.6) is 0 Å². The predicted octanol–water partition coefficient (Wildman–Crippen LogP) is 0.606. The highest BCUT2D eigenvalue weighted by Gasteiger charge is 2.40. The Balaban J connectivity index is 2.18. The van der Waals surface area contributed by atoms with Crippen molar-refractivity contribution < 1.29 is 9.59 Å². The minimum absolute atomic E-state index is 0.141. The van der Waals surface area contributed by atoms with Gasteiger partial charge in [0.2, 0.25) is 5.91 Å². The number of benzene rings is 1. The number of anilines is 1. The molecule has 0 radical (unpaired) electrons. The quantitative estimate of drug-likeness (QED) is 0.750. The van der Waals surface area contributed by atoms with Crippen molar-refractivity contribution in [3.8, 4) is 0 Å². The van der Waals surface area contributed by atoms with E-state index in [-0.39, 0.29) is 11.8 Å². The molecule has 0 bridgehead atoms. The van der Waals surface area contributed by atoms with E-state index >= 15 is 0 Å². The van der Waals surface area contributed by atoms with Gasteiger partial charge in [0.15, 0.2) is 0 Å². The van der Waals surface area contributed by atoms with E-state index in [1.54, 1.807) is 36.1 Å². The molecule has 5 nitrogen and oxygen atoms in total. The van der Waals surface area contributed by atoms with E-state index < -0.39 is 5.41 Å². The number of carbonyl (C=O) groups excluding carboxylic acids is 2. The van der Waals surface area contributed by atoms with Crippen LogP contribution in [0.25, 0.3) is 0 Å². The van der Waals surface area contributed by atoms with Gasteiger partial charge in [-0.1, -0.05) is 12.1 Å². The average molecular weight is 247 g/mol. The second-order valence-electron chi connectivity index (χ2n) is 4.99. The molecule has 1 heterocycles. The van der Waals surface area contributed by atoms with E-state index in [0.717, 1.165) is 0 Å². The lowest BCUT2D eigenvalue weighted by molar-refractivity contribution is -0.126. The van der Waals surface area contributed by atoms with Crippen molar-refractivity contribution in [1.82, 2.24) is 4.90 Å². The molecule has 1 unspecified atom stereocenters. The first-order valence-corrected chi connectivity index (χ1v) is 5.88. The van der Waals surface area contributed by atoms with E-state index in [0.29, 0.717) is 30.8 Å². The molecule has 2 amide bonds. The average Bonchev–Trinajstić information content (AvgIpc) is 2.73. The molecule has 2 rings (SSSR count). The van der Waals surface area contributed by atoms with Gasteiger partial charge < -0.3 is 16.4 Å². The molecule has 1 aromatic carbocycles. The number of para-hydroxylation sites is 1. The maximum Gasteiger partial charge on any atom is 0.255 e. The van der Waals surface area contributed by atoms with Gasteiger partial charge in [-0.3, -0.25) is 9.59 Å². The Kier molecular flexibility index (Phi) is 2.98. The second kappa shape index (κ2) is 4.33. The van der Waals surface area contributed by atoms with Gasteiger partial charge in [0.1, 0.15) is 0 Å². The van der Waals surface area contributed by atoms with Gasteiger partial charge in [-0.05, 0) is 25.5 Å². The Morgan fingerprint density at radius 3 is 2.56 bits per heavy atom. The normalized spacial score (nSPS) is 23.1. The van der Waals surface area contributed by atoms with Crippen LogP contribution in [-0.2, 0) is 4.79 Å². The maximum absolute atomic E-state index is 12.3. The van der Waals surface area contributed by atoms with E-state index in [9.17, 15) is 9.59 Å². The van der Waals surface area contributed by atoms with Crippen LogP contribution in [0.2, 0.25) is 0 Å². The van der Waals surface area contributed by atoms with Gasteiger partial charge in [0, 0.05) is 18.8 Å². The molecule has 1 atom stereocenters. The number of likely N-dealkylation sites (tertiary alicyclic amines) is 1. The molecule has 1 saturated heterocycles. The molecule has 0 aromatic heterocycles. The summed E-state index contributed by atoms with van der Waals surface area (Å²) in [5.41, 5.74) is 11.4. The number of hydrogen-bond donors (Lipinski definition) is 2. The summed E-state index contributed by atoms with van der Waals surface area (Å²) in [4.78, 5) is 25.3. The number of nitrogens with two attached hydrogens (primary N) is 2. The smallest absolute Gasteiger partial charge is 0.255 e. The van der Waals surface area contributed by atoms with Crippen LogP contribution in [-0.4, -0.2) is 29.8 Å². The van der Waals surface area contributed by atoms with Gasteiger partial charge in [0.25, 0.3) is 5.91 Å². The van der Waals surface area contributed by atoms with Gasteiger partial charge in [0.05, 0.1) is 11.0 Å². The monoisotopic (exact) mass is 247 g/mol. The molecule has 1 aromatic rings. The van der Waals surface area contributed by atoms with Crippen LogP contribution < -0.4 is 11.5 Å². The minimum atomic E-state index is -0.626. The topological polar surface area (TPSA) is 89.4 Å². The van der Waals surface area contributed by atoms with Crippen LogP contribution in [0.4, 0.5) is 5.69 Å². The lowest BCUT2D eigenvalue weighted by atomic mass is 9.89. The van der Waals surface area contributed by atoms with Crippen molar-refractivity contribution >= 4 is 17.5 Å². The first-order valence-electron chi connectivity index (χ1n) is 5.88. The Labute approximate surface area is 106 Å². The first kappa shape index (κ1) is 12.4. The number of amides is 2. The molecule has 0 spiro atoms. The molecular formula is C13H17N3O2. The summed E-state index contributed by atoms with van der Waals surface area (Å²) >= 11 is 0. The standard InChI is InChI=1S/C13H17N3O2/c1-13(12(15)18)6-7-16(8-13)11(17)9-4-2-3-5-10(9)14/h2-5H,6-8,14H2,1H3,(H2,15,18). The zero-order valence-electron chi connectivity index (χ0n) is 10.3. The van der Waals surface area contributed by atoms with Crippen LogP contribution in [0.3, 0.4) is 0 Å². The third-order valence-electron chi connectivity index (χ3n) is 3.55. The fourth-order valence-corrected chi connectivity index (χ4v) is 2.20. The van der Waals surface area contributed by atoms with Crippen LogP contribution in [0.15, 0.2) is 24.3 Å². The summed E-state index contributed by atoms with van der Waals surface area (Å²) in [5, 5.41) is 0. The molecule has 0 aliphatic carbocycles. The van der Waals surface area contributed by atoms with Crippen molar-refractivity contribution in [1.29, 1.82) is 0 Å². The summed E-state index contributed by atoms with van der Waals surface area (Å²) in [6.45, 7) is 2.68. The van der Waals surface area contributed by atoms with Crippen molar-refractivity contribution in [2.75, 3.05) is 18.8 Å². The number of rotatable bonds is 2. The predicted molar refractivity (Wildman–Crippen MR) is 68.7 cm³/mol. The van der Waals surface area contributed by atoms with Crippen molar-refractivity contribution in [3.05, 3.63) is 29.8 Å². The van der Waals surface area contributed by atoms with E-state index in [1.165, 1.54) is 0 Å². The number of primary amides is 1. The Morgan fingerprint density at radius 1 is 1.33 bits per heavy atom. The van der Waals surface area contributed by atoms with Crippen molar-refractivity contribution in [2.45, 2.75) is 13.3 Å². The summed E-state index contributed by atoms with van der Waals surface area (Å²) in [5.74, 6) is -0.503. The second-order valence-corrected chi connectivity index (χ2v) is 4.99. The highest BCUT2D eigenvalue weighted by molar-refractivity contribution is 5.99. The molecule has 1 aliphatic heterocycles. The third-order valence-corrected chi connectivity index (χ3v) is 3.55. The van der Waals surface area contributed by atoms with Gasteiger partial charge in [-0.25, -0.2) is 0 Å². The van der Waals surface area contributed by atoms with Crippen LogP contribution in [0, 0.1) is 5.41 Å². The number of hydrogen-bond acceptors (Lipinski definition) is 3. The summed E-state index contributed by atoms with van der Waals surface area (Å²) in [6, 6.07) is 6.94. The number of nitrogens with zero attached hydrogens (tertiary/aromatic N) is 1. The molecule has 1 fully saturated rings. The molecular weight excluding hydrogens is 230 g/mol. The zero-order valence-corrected chi connectivity index (χ0v) is 10.3. The SMILES string of the molecule is CC1(C(N)=O)CCN(C(=O)c2ccccc2N)C1. The summed E-state index contributed by atoms with van der Waals surface area (Å²) < 4.78 is 0. The highest BCUT2D eigenvalue weighted by atomic mass is 16.2. The highest BCUT2D eigenvalue weighted by Crippen LogP contribution is 2.30. The van der Waals surface area contributed by atoms with Gasteiger partial charge in [-0.15, -0.1) is 0 Å². The van der Waals surface area contributed by atoms with Crippen LogP contribution in [0.1, 0.15) is 23.7 Å². The lowest BCUT2D eigenvalue weighted by Gasteiger charge is -2.21. The van der Waals surface area contributed by atoms with Gasteiger partial charge >= 0.3 is 0 Å². The Bertz CT molecular complexity index is 501. The first-order chi connectivity index (χ1) is 8.44. The zero-order chi connectivity index (χ0) is 13.3. The molecule has 4 N–H and O–H groups in total. The Hall–Kier alpha value is -2.04. The summed E-state index contributed by atoms with van der Waals surface area (Å²) in [7, 11) is 0. The molecule has 1 aliphatic rings. The van der Waals surface area contributed by atoms with Crippen molar-refractivity contribution in [2.24, 2.45) is 11.1 Å². The van der Waals surface area contributed by atoms with Crippen molar-refractivity contribution in [3.63, 3.8) is 0 Å². The maximum atomic E-state index is 12.3. The van der Waals surface area contributed by atoms with E-state index in [1.807, 2.05) is 0 Å². The van der Waals surface area contributed by atoms with E-state index in [4.69, 9.17) is 11.5 Å². The van der Waals surface area contributed by atoms with Crippen LogP contribution >= 0.6 is 0 Å². The molecule has 96 valence electrons. The number of nitrogen functional groups attached to an aromatic ring is 1. The minimum Gasteiger partial charge on any atom is -0.398 e. The lowest BCUT2D eigenvalue weighted by Crippen LogP contribution is -2.38. The molecule has 18 heavy (non-hydrogen) atoms. The fourth-order valence-electron chi connectivity index (χ4n) is 2.20. The number of carbonyl (C=O) groups is 2. The van der Waals surface area contributed by atoms with Gasteiger partial charge in [-0.2, -0.15) is 0 Å². The largest absolute Gasteiger partial charge is 0.398 e. The molecule has 0 saturated carbocycles. The fraction of sp³-hybridized carbons (Fsp3) is 0.385. The molecule has 5 heteroatoms. The Morgan fingerprint density at radius 2 is 2.00 bits per heavy atom. The summed E-state index contributed by atoms with van der Waals surface area (Å²) in [6.07, 6.45) is 0.598.